The quantitative estimate of drug-likeness (QED) is 0.694. The first kappa shape index (κ1) is 18.2. The molecule has 26 heavy (non-hydrogen) atoms. The molecule has 0 amide bonds. The summed E-state index contributed by atoms with van der Waals surface area (Å²) in [7, 11) is 0. The van der Waals surface area contributed by atoms with Gasteiger partial charge in [-0.15, -0.1) is 0 Å². The number of carbonyl (C=O) groups excluding carboxylic acids is 1. The molecule has 2 atom stereocenters. The third-order valence-electron chi connectivity index (χ3n) is 4.49. The maximum atomic E-state index is 13.1. The van der Waals surface area contributed by atoms with Gasteiger partial charge >= 0.3 is 5.97 Å². The molecule has 0 saturated carbocycles. The van der Waals surface area contributed by atoms with E-state index >= 15 is 0 Å². The number of ether oxygens (including phenoxy) is 1. The molecule has 2 aromatic rings. The van der Waals surface area contributed by atoms with Crippen LogP contribution in [0.25, 0.3) is 0 Å². The predicted octanol–water partition coefficient (Wildman–Crippen LogP) is 4.20. The van der Waals surface area contributed by atoms with Gasteiger partial charge in [0.1, 0.15) is 18.2 Å². The zero-order valence-corrected chi connectivity index (χ0v) is 14.8. The van der Waals surface area contributed by atoms with Crippen molar-refractivity contribution in [1.82, 2.24) is 9.88 Å². The van der Waals surface area contributed by atoms with Crippen LogP contribution in [0.15, 0.2) is 53.4 Å². The molecule has 1 aliphatic rings. The number of oxazole rings is 1. The fraction of sp³-hybridized carbons (Fsp3) is 0.400. The molecule has 0 fully saturated rings. The van der Waals surface area contributed by atoms with E-state index < -0.39 is 0 Å². The maximum Gasteiger partial charge on any atom is 0.303 e. The Bertz CT molecular complexity index is 728. The van der Waals surface area contributed by atoms with Gasteiger partial charge in [-0.3, -0.25) is 4.79 Å². The summed E-state index contributed by atoms with van der Waals surface area (Å²) in [6.45, 7) is 3.19. The van der Waals surface area contributed by atoms with E-state index in [0.29, 0.717) is 6.42 Å². The average molecular weight is 358 g/mol. The second kappa shape index (κ2) is 8.65. The molecule has 3 rings (SSSR count). The van der Waals surface area contributed by atoms with E-state index in [9.17, 15) is 9.18 Å². The van der Waals surface area contributed by atoms with Crippen LogP contribution in [0, 0.1) is 5.82 Å². The molecule has 0 spiro atoms. The van der Waals surface area contributed by atoms with Crippen LogP contribution < -0.4 is 0 Å². The van der Waals surface area contributed by atoms with Crippen LogP contribution in [0.5, 0.6) is 0 Å². The molecule has 0 radical (unpaired) electrons. The molecule has 1 aliphatic heterocycles. The van der Waals surface area contributed by atoms with E-state index in [1.54, 1.807) is 24.6 Å². The Morgan fingerprint density at radius 2 is 2.23 bits per heavy atom. The number of halogens is 1. The van der Waals surface area contributed by atoms with Gasteiger partial charge in [0.05, 0.1) is 12.1 Å². The number of aromatic nitrogens is 1. The summed E-state index contributed by atoms with van der Waals surface area (Å²) in [4.78, 5) is 17.8. The van der Waals surface area contributed by atoms with Crippen LogP contribution in [0.3, 0.4) is 0 Å². The maximum absolute atomic E-state index is 13.1. The normalized spacial score (nSPS) is 17.9. The number of hydrogen-bond donors (Lipinski definition) is 0. The summed E-state index contributed by atoms with van der Waals surface area (Å²) in [5.74, 6) is 0.363. The summed E-state index contributed by atoms with van der Waals surface area (Å²) in [5, 5.41) is 0. The van der Waals surface area contributed by atoms with Crippen LogP contribution in [-0.4, -0.2) is 28.9 Å². The molecule has 2 unspecified atom stereocenters. The van der Waals surface area contributed by atoms with Crippen LogP contribution in [0.4, 0.5) is 4.39 Å². The molecule has 6 heteroatoms. The Labute approximate surface area is 152 Å². The lowest BCUT2D eigenvalue weighted by Gasteiger charge is -2.27. The van der Waals surface area contributed by atoms with Gasteiger partial charge in [0, 0.05) is 20.0 Å². The third kappa shape index (κ3) is 4.94. The first-order chi connectivity index (χ1) is 12.6. The summed E-state index contributed by atoms with van der Waals surface area (Å²) in [5.41, 5.74) is 0.819. The Balaban J connectivity index is 1.51. The van der Waals surface area contributed by atoms with Crippen molar-refractivity contribution in [3.63, 3.8) is 0 Å². The Kier molecular flexibility index (Phi) is 6.04. The standard InChI is InChI=1S/C20H23FN2O3/c1-15(24)26-19(16-4-6-18(21)7-5-16)3-2-11-23-12-8-17(9-13-23)20-22-10-14-25-20/h4-8,10,12,14,17,19H,2-3,9,11,13H2,1H3. The Hall–Kier alpha value is -2.63. The van der Waals surface area contributed by atoms with E-state index in [0.717, 1.165) is 37.4 Å². The Morgan fingerprint density at radius 3 is 2.85 bits per heavy atom. The number of nitrogens with zero attached hydrogens (tertiary/aromatic N) is 2. The van der Waals surface area contributed by atoms with E-state index in [1.807, 2.05) is 0 Å². The highest BCUT2D eigenvalue weighted by atomic mass is 19.1. The molecule has 138 valence electrons. The highest BCUT2D eigenvalue weighted by molar-refractivity contribution is 5.66. The minimum Gasteiger partial charge on any atom is -0.458 e. The SMILES string of the molecule is CC(=O)OC(CCCN1C=CC(c2ncco2)CC1)c1ccc(F)cc1. The molecule has 1 aromatic carbocycles. The number of esters is 1. The monoisotopic (exact) mass is 358 g/mol. The molecule has 0 N–H and O–H groups in total. The lowest BCUT2D eigenvalue weighted by Crippen LogP contribution is -2.25. The number of allylic oxidation sites excluding steroid dienone is 1. The van der Waals surface area contributed by atoms with Crippen molar-refractivity contribution >= 4 is 5.97 Å². The lowest BCUT2D eigenvalue weighted by atomic mass is 10.0. The van der Waals surface area contributed by atoms with E-state index in [4.69, 9.17) is 9.15 Å². The highest BCUT2D eigenvalue weighted by Gasteiger charge is 2.19. The summed E-state index contributed by atoms with van der Waals surface area (Å²) < 4.78 is 23.9. The van der Waals surface area contributed by atoms with Gasteiger partial charge in [-0.2, -0.15) is 0 Å². The van der Waals surface area contributed by atoms with Crippen molar-refractivity contribution in [1.29, 1.82) is 0 Å². The molecule has 1 aromatic heterocycles. The molecular weight excluding hydrogens is 335 g/mol. The molecular formula is C20H23FN2O3. The predicted molar refractivity (Wildman–Crippen MR) is 94.7 cm³/mol. The van der Waals surface area contributed by atoms with Gasteiger partial charge in [0.15, 0.2) is 0 Å². The lowest BCUT2D eigenvalue weighted by molar-refractivity contribution is -0.147. The minimum absolute atomic E-state index is 0.231. The number of carbonyl (C=O) groups is 1. The molecule has 0 aliphatic carbocycles. The second-order valence-electron chi connectivity index (χ2n) is 6.43. The number of rotatable bonds is 7. The van der Waals surface area contributed by atoms with E-state index in [2.05, 4.69) is 22.2 Å². The first-order valence-corrected chi connectivity index (χ1v) is 8.86. The summed E-state index contributed by atoms with van der Waals surface area (Å²) in [6, 6.07) is 6.12. The second-order valence-corrected chi connectivity index (χ2v) is 6.43. The zero-order chi connectivity index (χ0) is 18.4. The van der Waals surface area contributed by atoms with Crippen LogP contribution in [-0.2, 0) is 9.53 Å². The third-order valence-corrected chi connectivity index (χ3v) is 4.49. The van der Waals surface area contributed by atoms with Crippen LogP contribution in [0.1, 0.15) is 49.7 Å². The fourth-order valence-electron chi connectivity index (χ4n) is 3.16. The minimum atomic E-state index is -0.345. The van der Waals surface area contributed by atoms with E-state index in [-0.39, 0.29) is 23.8 Å². The fourth-order valence-corrected chi connectivity index (χ4v) is 3.16. The van der Waals surface area contributed by atoms with Gasteiger partial charge < -0.3 is 14.1 Å². The van der Waals surface area contributed by atoms with Gasteiger partial charge in [-0.25, -0.2) is 9.37 Å². The summed E-state index contributed by atoms with van der Waals surface area (Å²) >= 11 is 0. The largest absolute Gasteiger partial charge is 0.458 e. The van der Waals surface area contributed by atoms with Crippen molar-refractivity contribution in [2.24, 2.45) is 0 Å². The van der Waals surface area contributed by atoms with Crippen LogP contribution >= 0.6 is 0 Å². The Morgan fingerprint density at radius 1 is 1.42 bits per heavy atom. The van der Waals surface area contributed by atoms with Crippen molar-refractivity contribution in [2.45, 2.75) is 38.2 Å². The van der Waals surface area contributed by atoms with Crippen molar-refractivity contribution in [3.8, 4) is 0 Å². The highest BCUT2D eigenvalue weighted by Crippen LogP contribution is 2.26. The first-order valence-electron chi connectivity index (χ1n) is 8.86. The van der Waals surface area contributed by atoms with E-state index in [1.165, 1.54) is 19.1 Å². The molecule has 0 bridgehead atoms. The van der Waals surface area contributed by atoms with Crippen molar-refractivity contribution < 1.29 is 18.3 Å². The molecule has 5 nitrogen and oxygen atoms in total. The van der Waals surface area contributed by atoms with Gasteiger partial charge in [-0.05, 0) is 43.2 Å². The molecule has 2 heterocycles. The molecule has 0 saturated heterocycles. The van der Waals surface area contributed by atoms with Crippen molar-refractivity contribution in [3.05, 3.63) is 66.3 Å². The average Bonchev–Trinajstić information content (AvgIpc) is 3.16. The van der Waals surface area contributed by atoms with Gasteiger partial charge in [0.25, 0.3) is 0 Å². The topological polar surface area (TPSA) is 55.6 Å². The smallest absolute Gasteiger partial charge is 0.303 e. The van der Waals surface area contributed by atoms with Gasteiger partial charge in [-0.1, -0.05) is 18.2 Å². The number of benzene rings is 1. The zero-order valence-electron chi connectivity index (χ0n) is 14.8. The van der Waals surface area contributed by atoms with Crippen molar-refractivity contribution in [2.75, 3.05) is 13.1 Å². The summed E-state index contributed by atoms with van der Waals surface area (Å²) in [6.07, 6.45) is 9.63. The number of hydrogen-bond acceptors (Lipinski definition) is 5. The van der Waals surface area contributed by atoms with Crippen LogP contribution in [0.2, 0.25) is 0 Å². The van der Waals surface area contributed by atoms with Gasteiger partial charge in [0.2, 0.25) is 5.89 Å².